The second-order valence-corrected chi connectivity index (χ2v) is 6.93. The highest BCUT2D eigenvalue weighted by Gasteiger charge is 2.75. The number of nitrogens with zero attached hydrogens (tertiary/aromatic N) is 2. The Morgan fingerprint density at radius 2 is 1.66 bits per heavy atom. The minimum atomic E-state index is -6.54. The Balaban J connectivity index is 2.89. The number of hydrogen-bond donors (Lipinski definition) is 0. The molecule has 12 heteroatoms. The van der Waals surface area contributed by atoms with Gasteiger partial charge in [-0.05, 0) is 40.5 Å². The van der Waals surface area contributed by atoms with Gasteiger partial charge in [-0.3, -0.25) is 0 Å². The molecule has 2 aromatic rings. The Morgan fingerprint density at radius 1 is 1.10 bits per heavy atom. The lowest BCUT2D eigenvalue weighted by molar-refractivity contribution is -0.361. The lowest BCUT2D eigenvalue weighted by atomic mass is 10.1. The molecule has 1 aromatic heterocycles. The van der Waals surface area contributed by atoms with Gasteiger partial charge >= 0.3 is 18.0 Å². The molecule has 0 radical (unpaired) electrons. The predicted octanol–water partition coefficient (Wildman–Crippen LogP) is 6.73. The topological polar surface area (TPSA) is 38.0 Å². The van der Waals surface area contributed by atoms with E-state index in [9.17, 15) is 36.0 Å². The lowest BCUT2D eigenvalue weighted by Crippen LogP contribution is -2.51. The average molecular weight is 508 g/mol. The molecule has 0 spiro atoms. The summed E-state index contributed by atoms with van der Waals surface area (Å²) in [7, 11) is 0. The van der Waals surface area contributed by atoms with Gasteiger partial charge in [0.15, 0.2) is 0 Å². The molecule has 0 aliphatic rings. The molecule has 0 aliphatic heterocycles. The van der Waals surface area contributed by atoms with Gasteiger partial charge in [0.25, 0.3) is 0 Å². The molecule has 1 aromatic carbocycles. The SMILES string of the molecule is CCOCn1c(-c2ccc(Cl)cc2)c(C#N)c(Br)c1C(F)(F)C(F)(F)C(F)(F)F. The molecule has 2 rings (SSSR count). The van der Waals surface area contributed by atoms with Crippen molar-refractivity contribution in [2.75, 3.05) is 6.61 Å². The van der Waals surface area contributed by atoms with Gasteiger partial charge in [0.1, 0.15) is 18.5 Å². The number of aromatic nitrogens is 1. The summed E-state index contributed by atoms with van der Waals surface area (Å²) in [5.74, 6) is -12.1. The molecule has 158 valence electrons. The van der Waals surface area contributed by atoms with Crippen molar-refractivity contribution in [2.24, 2.45) is 0 Å². The Labute approximate surface area is 173 Å². The van der Waals surface area contributed by atoms with Gasteiger partial charge in [-0.2, -0.15) is 36.0 Å². The Bertz CT molecular complexity index is 933. The van der Waals surface area contributed by atoms with Gasteiger partial charge in [0.05, 0.1) is 15.7 Å². The highest BCUT2D eigenvalue weighted by Crippen LogP contribution is 2.55. The molecule has 29 heavy (non-hydrogen) atoms. The smallest absolute Gasteiger partial charge is 0.361 e. The Kier molecular flexibility index (Phi) is 6.62. The van der Waals surface area contributed by atoms with E-state index in [1.54, 1.807) is 6.07 Å². The van der Waals surface area contributed by atoms with Crippen LogP contribution in [-0.2, 0) is 17.4 Å². The number of hydrogen-bond acceptors (Lipinski definition) is 2. The second-order valence-electron chi connectivity index (χ2n) is 5.70. The molecule has 0 saturated carbocycles. The summed E-state index contributed by atoms with van der Waals surface area (Å²) in [5.41, 5.74) is -2.52. The van der Waals surface area contributed by atoms with E-state index in [4.69, 9.17) is 16.3 Å². The fourth-order valence-corrected chi connectivity index (χ4v) is 3.41. The van der Waals surface area contributed by atoms with Crippen LogP contribution in [0.3, 0.4) is 0 Å². The highest BCUT2D eigenvalue weighted by atomic mass is 79.9. The fourth-order valence-electron chi connectivity index (χ4n) is 2.54. The first kappa shape index (κ1) is 23.5. The van der Waals surface area contributed by atoms with E-state index in [2.05, 4.69) is 15.9 Å². The molecule has 0 saturated heterocycles. The second kappa shape index (κ2) is 8.16. The average Bonchev–Trinajstić information content (AvgIpc) is 2.91. The maximum absolute atomic E-state index is 14.6. The molecule has 0 bridgehead atoms. The summed E-state index contributed by atoms with van der Waals surface area (Å²) in [4.78, 5) is 0. The van der Waals surface area contributed by atoms with Crippen LogP contribution >= 0.6 is 27.5 Å². The van der Waals surface area contributed by atoms with Crippen molar-refractivity contribution in [1.29, 1.82) is 5.26 Å². The van der Waals surface area contributed by atoms with Crippen molar-refractivity contribution >= 4 is 27.5 Å². The monoisotopic (exact) mass is 506 g/mol. The van der Waals surface area contributed by atoms with Gasteiger partial charge in [-0.25, -0.2) is 0 Å². The number of alkyl halides is 7. The maximum atomic E-state index is 14.6. The van der Waals surface area contributed by atoms with Crippen LogP contribution in [0, 0.1) is 11.3 Å². The zero-order valence-electron chi connectivity index (χ0n) is 14.4. The van der Waals surface area contributed by atoms with Crippen LogP contribution < -0.4 is 0 Å². The Morgan fingerprint density at radius 3 is 2.10 bits per heavy atom. The van der Waals surface area contributed by atoms with Gasteiger partial charge in [-0.1, -0.05) is 23.7 Å². The number of benzene rings is 1. The summed E-state index contributed by atoms with van der Waals surface area (Å²) in [6.45, 7) is 0.611. The van der Waals surface area contributed by atoms with Crippen LogP contribution in [-0.4, -0.2) is 23.3 Å². The summed E-state index contributed by atoms with van der Waals surface area (Å²) in [6.07, 6.45) is -6.54. The zero-order valence-corrected chi connectivity index (χ0v) is 16.8. The van der Waals surface area contributed by atoms with E-state index in [1.807, 2.05) is 0 Å². The van der Waals surface area contributed by atoms with Crippen LogP contribution in [0.2, 0.25) is 5.02 Å². The summed E-state index contributed by atoms with van der Waals surface area (Å²) in [6, 6.07) is 6.85. The molecule has 1 heterocycles. The van der Waals surface area contributed by atoms with E-state index in [0.717, 1.165) is 0 Å². The van der Waals surface area contributed by atoms with Gasteiger partial charge in [0.2, 0.25) is 0 Å². The third-order valence-electron chi connectivity index (χ3n) is 3.91. The zero-order chi connectivity index (χ0) is 22.2. The van der Waals surface area contributed by atoms with E-state index in [1.165, 1.54) is 31.2 Å². The molecule has 0 aliphatic carbocycles. The van der Waals surface area contributed by atoms with E-state index in [0.29, 0.717) is 4.57 Å². The molecule has 0 N–H and O–H groups in total. The first-order valence-corrected chi connectivity index (χ1v) is 8.96. The third kappa shape index (κ3) is 3.98. The minimum absolute atomic E-state index is 0.0571. The number of nitriles is 1. The first-order chi connectivity index (χ1) is 13.3. The number of ether oxygens (including phenoxy) is 1. The fraction of sp³-hybridized carbons (Fsp3) is 0.353. The van der Waals surface area contributed by atoms with Crippen molar-refractivity contribution < 1.29 is 35.5 Å². The standard InChI is InChI=1S/C17H11BrClF7N2O/c1-2-29-8-28-13(9-3-5-10(19)6-4-9)11(7-27)12(18)14(28)15(20,21)16(22,23)17(24,25)26/h3-6H,2,8H2,1H3. The summed E-state index contributed by atoms with van der Waals surface area (Å²) < 4.78 is 99.3. The molecule has 3 nitrogen and oxygen atoms in total. The number of rotatable bonds is 6. The van der Waals surface area contributed by atoms with Crippen molar-refractivity contribution in [2.45, 2.75) is 31.7 Å². The minimum Gasteiger partial charge on any atom is -0.361 e. The van der Waals surface area contributed by atoms with Crippen molar-refractivity contribution in [3.8, 4) is 17.3 Å². The first-order valence-electron chi connectivity index (χ1n) is 7.79. The highest BCUT2D eigenvalue weighted by molar-refractivity contribution is 9.10. The third-order valence-corrected chi connectivity index (χ3v) is 4.93. The predicted molar refractivity (Wildman–Crippen MR) is 93.8 cm³/mol. The van der Waals surface area contributed by atoms with E-state index in [-0.39, 0.29) is 22.9 Å². The van der Waals surface area contributed by atoms with E-state index < -0.39 is 40.5 Å². The maximum Gasteiger partial charge on any atom is 0.460 e. The van der Waals surface area contributed by atoms with Crippen LogP contribution in [0.5, 0.6) is 0 Å². The van der Waals surface area contributed by atoms with E-state index >= 15 is 0 Å². The summed E-state index contributed by atoms with van der Waals surface area (Å²) >= 11 is 8.37. The van der Waals surface area contributed by atoms with Gasteiger partial charge in [0, 0.05) is 11.6 Å². The molecule has 0 unspecified atom stereocenters. The largest absolute Gasteiger partial charge is 0.460 e. The molecule has 0 atom stereocenters. The van der Waals surface area contributed by atoms with Crippen molar-refractivity contribution in [1.82, 2.24) is 4.57 Å². The van der Waals surface area contributed by atoms with Crippen molar-refractivity contribution in [3.63, 3.8) is 0 Å². The van der Waals surface area contributed by atoms with Crippen LogP contribution in [0.15, 0.2) is 28.7 Å². The van der Waals surface area contributed by atoms with Crippen LogP contribution in [0.1, 0.15) is 18.2 Å². The van der Waals surface area contributed by atoms with Crippen LogP contribution in [0.4, 0.5) is 30.7 Å². The van der Waals surface area contributed by atoms with Crippen LogP contribution in [0.25, 0.3) is 11.3 Å². The normalized spacial score (nSPS) is 12.9. The summed E-state index contributed by atoms with van der Waals surface area (Å²) in [5, 5.41) is 9.65. The Hall–Kier alpha value is -1.77. The number of halogens is 9. The molecule has 0 fully saturated rings. The van der Waals surface area contributed by atoms with Crippen molar-refractivity contribution in [3.05, 3.63) is 45.0 Å². The molecular weight excluding hydrogens is 497 g/mol. The van der Waals surface area contributed by atoms with Gasteiger partial charge in [-0.15, -0.1) is 0 Å². The lowest BCUT2D eigenvalue weighted by Gasteiger charge is -2.29. The molecular formula is C17H11BrClF7N2O. The molecule has 0 amide bonds. The quantitative estimate of drug-likeness (QED) is 0.407. The van der Waals surface area contributed by atoms with Gasteiger partial charge < -0.3 is 9.30 Å².